The number of likely N-dealkylation sites (tertiary alicyclic amines) is 1. The van der Waals surface area contributed by atoms with E-state index in [-0.39, 0.29) is 17.6 Å². The largest absolute Gasteiger partial charge is 0.450 e. The third-order valence-electron chi connectivity index (χ3n) is 4.62. The van der Waals surface area contributed by atoms with Crippen LogP contribution in [0.3, 0.4) is 0 Å². The van der Waals surface area contributed by atoms with Gasteiger partial charge in [-0.2, -0.15) is 0 Å². The van der Waals surface area contributed by atoms with Crippen molar-refractivity contribution in [2.45, 2.75) is 45.1 Å². The first-order chi connectivity index (χ1) is 12.3. The maximum absolute atomic E-state index is 11.7. The van der Waals surface area contributed by atoms with Gasteiger partial charge in [0.25, 0.3) is 0 Å². The average Bonchev–Trinajstić information content (AvgIpc) is 2.61. The molecule has 1 aliphatic rings. The van der Waals surface area contributed by atoms with Crippen LogP contribution in [0.25, 0.3) is 0 Å². The van der Waals surface area contributed by atoms with Crippen LogP contribution in [0.15, 0.2) is 29.3 Å². The van der Waals surface area contributed by atoms with E-state index in [1.165, 1.54) is 0 Å². The van der Waals surface area contributed by atoms with Gasteiger partial charge in [0.05, 0.1) is 13.2 Å². The van der Waals surface area contributed by atoms with Gasteiger partial charge in [0, 0.05) is 29.6 Å². The molecule has 0 aliphatic carbocycles. The van der Waals surface area contributed by atoms with Crippen molar-refractivity contribution in [3.63, 3.8) is 0 Å². The topological polar surface area (TPSA) is 80.0 Å². The molecule has 1 fully saturated rings. The van der Waals surface area contributed by atoms with E-state index >= 15 is 0 Å². The Bertz CT molecular complexity index is 640. The molecule has 0 saturated carbocycles. The number of carbonyl (C=O) groups is 1. The molecular formula is C19H29ClN4O2. The first kappa shape index (κ1) is 20.4. The van der Waals surface area contributed by atoms with E-state index in [0.717, 1.165) is 23.4 Å². The van der Waals surface area contributed by atoms with Gasteiger partial charge in [-0.05, 0) is 37.5 Å². The maximum Gasteiger partial charge on any atom is 0.409 e. The second-order valence-electron chi connectivity index (χ2n) is 7.20. The number of piperidine rings is 1. The molecule has 1 aliphatic heterocycles. The molecule has 2 rings (SSSR count). The van der Waals surface area contributed by atoms with Crippen molar-refractivity contribution in [2.24, 2.45) is 10.7 Å². The summed E-state index contributed by atoms with van der Waals surface area (Å²) >= 11 is 6.09. The second-order valence-corrected chi connectivity index (χ2v) is 7.64. The molecule has 26 heavy (non-hydrogen) atoms. The number of amides is 1. The van der Waals surface area contributed by atoms with Crippen molar-refractivity contribution in [1.29, 1.82) is 0 Å². The lowest BCUT2D eigenvalue weighted by Gasteiger charge is -2.32. The van der Waals surface area contributed by atoms with Gasteiger partial charge in [-0.15, -0.1) is 0 Å². The van der Waals surface area contributed by atoms with Gasteiger partial charge in [0.2, 0.25) is 0 Å². The van der Waals surface area contributed by atoms with Gasteiger partial charge in [-0.3, -0.25) is 4.99 Å². The van der Waals surface area contributed by atoms with Gasteiger partial charge in [-0.1, -0.05) is 37.6 Å². The summed E-state index contributed by atoms with van der Waals surface area (Å²) < 4.78 is 5.03. The molecule has 1 amide bonds. The molecule has 1 aromatic rings. The van der Waals surface area contributed by atoms with Crippen LogP contribution in [0.5, 0.6) is 0 Å². The standard InChI is InChI=1S/C19H29ClN4O2/c1-4-26-18(25)24-10-8-16(9-11-24)23-17(21)22-13-19(2,3)14-6-5-7-15(20)12-14/h5-7,12,16H,4,8-11,13H2,1-3H3,(H3,21,22,23). The van der Waals surface area contributed by atoms with Crippen molar-refractivity contribution in [2.75, 3.05) is 26.2 Å². The van der Waals surface area contributed by atoms with Crippen LogP contribution in [0.2, 0.25) is 5.02 Å². The normalized spacial score (nSPS) is 16.5. The van der Waals surface area contributed by atoms with E-state index < -0.39 is 0 Å². The minimum absolute atomic E-state index is 0.162. The minimum Gasteiger partial charge on any atom is -0.450 e. The minimum atomic E-state index is -0.240. The molecule has 1 aromatic carbocycles. The molecule has 3 N–H and O–H groups in total. The lowest BCUT2D eigenvalue weighted by Crippen LogP contribution is -2.48. The summed E-state index contributed by atoms with van der Waals surface area (Å²) in [7, 11) is 0. The van der Waals surface area contributed by atoms with E-state index in [1.54, 1.807) is 4.90 Å². The Morgan fingerprint density at radius 2 is 2.12 bits per heavy atom. The fraction of sp³-hybridized carbons (Fsp3) is 0.579. The van der Waals surface area contributed by atoms with Crippen LogP contribution < -0.4 is 11.1 Å². The fourth-order valence-electron chi connectivity index (χ4n) is 2.96. The average molecular weight is 381 g/mol. The van der Waals surface area contributed by atoms with Crippen LogP contribution in [0.1, 0.15) is 39.2 Å². The summed E-state index contributed by atoms with van der Waals surface area (Å²) in [6.45, 7) is 8.34. The lowest BCUT2D eigenvalue weighted by atomic mass is 9.85. The third-order valence-corrected chi connectivity index (χ3v) is 4.86. The number of hydrogen-bond donors (Lipinski definition) is 2. The molecule has 144 valence electrons. The van der Waals surface area contributed by atoms with Gasteiger partial charge in [0.1, 0.15) is 0 Å². The summed E-state index contributed by atoms with van der Waals surface area (Å²) in [5.74, 6) is 0.440. The zero-order valence-corrected chi connectivity index (χ0v) is 16.6. The Balaban J connectivity index is 1.84. The quantitative estimate of drug-likeness (QED) is 0.607. The Labute approximate surface area is 160 Å². The maximum atomic E-state index is 11.7. The SMILES string of the molecule is CCOC(=O)N1CCC(NC(N)=NCC(C)(C)c2cccc(Cl)c2)CC1. The molecule has 6 nitrogen and oxygen atoms in total. The summed E-state index contributed by atoms with van der Waals surface area (Å²) in [6.07, 6.45) is 1.41. The van der Waals surface area contributed by atoms with Gasteiger partial charge in [-0.25, -0.2) is 4.79 Å². The molecule has 0 radical (unpaired) electrons. The monoisotopic (exact) mass is 380 g/mol. The molecular weight excluding hydrogens is 352 g/mol. The number of ether oxygens (including phenoxy) is 1. The molecule has 0 unspecified atom stereocenters. The van der Waals surface area contributed by atoms with Crippen LogP contribution in [-0.2, 0) is 10.2 Å². The van der Waals surface area contributed by atoms with E-state index in [1.807, 2.05) is 25.1 Å². The van der Waals surface area contributed by atoms with Crippen LogP contribution in [-0.4, -0.2) is 49.2 Å². The molecule has 0 spiro atoms. The van der Waals surface area contributed by atoms with Gasteiger partial charge >= 0.3 is 6.09 Å². The Morgan fingerprint density at radius 3 is 2.73 bits per heavy atom. The number of nitrogens with zero attached hydrogens (tertiary/aromatic N) is 2. The predicted molar refractivity (Wildman–Crippen MR) is 106 cm³/mol. The number of carbonyl (C=O) groups excluding carboxylic acids is 1. The second kappa shape index (κ2) is 9.12. The Hall–Kier alpha value is -1.95. The number of nitrogens with two attached hydrogens (primary N) is 1. The van der Waals surface area contributed by atoms with Crippen molar-refractivity contribution >= 4 is 23.7 Å². The highest BCUT2D eigenvalue weighted by Gasteiger charge is 2.24. The van der Waals surface area contributed by atoms with Crippen LogP contribution >= 0.6 is 11.6 Å². The smallest absolute Gasteiger partial charge is 0.409 e. The first-order valence-corrected chi connectivity index (χ1v) is 9.44. The number of nitrogens with one attached hydrogen (secondary N) is 1. The summed E-state index contributed by atoms with van der Waals surface area (Å²) in [4.78, 5) is 18.0. The predicted octanol–water partition coefficient (Wildman–Crippen LogP) is 3.14. The molecule has 0 atom stereocenters. The van der Waals surface area contributed by atoms with E-state index in [9.17, 15) is 4.79 Å². The summed E-state index contributed by atoms with van der Waals surface area (Å²) in [5, 5.41) is 3.99. The van der Waals surface area contributed by atoms with Crippen molar-refractivity contribution in [3.05, 3.63) is 34.9 Å². The molecule has 0 aromatic heterocycles. The lowest BCUT2D eigenvalue weighted by molar-refractivity contribution is 0.0963. The molecule has 1 saturated heterocycles. The van der Waals surface area contributed by atoms with Crippen molar-refractivity contribution < 1.29 is 9.53 Å². The van der Waals surface area contributed by atoms with Crippen LogP contribution in [0, 0.1) is 0 Å². The number of hydrogen-bond acceptors (Lipinski definition) is 3. The van der Waals surface area contributed by atoms with Crippen molar-refractivity contribution in [3.8, 4) is 0 Å². The Kier molecular flexibility index (Phi) is 7.14. The number of rotatable bonds is 5. The zero-order valence-electron chi connectivity index (χ0n) is 15.8. The molecule has 1 heterocycles. The number of benzene rings is 1. The summed E-state index contributed by atoms with van der Waals surface area (Å²) in [6, 6.07) is 8.05. The highest BCUT2D eigenvalue weighted by atomic mass is 35.5. The fourth-order valence-corrected chi connectivity index (χ4v) is 3.15. The molecule has 0 bridgehead atoms. The highest BCUT2D eigenvalue weighted by molar-refractivity contribution is 6.30. The third kappa shape index (κ3) is 5.80. The van der Waals surface area contributed by atoms with E-state index in [0.29, 0.717) is 32.2 Å². The first-order valence-electron chi connectivity index (χ1n) is 9.06. The Morgan fingerprint density at radius 1 is 1.42 bits per heavy atom. The number of guanidine groups is 1. The highest BCUT2D eigenvalue weighted by Crippen LogP contribution is 2.25. The summed E-state index contributed by atoms with van der Waals surface area (Å²) in [5.41, 5.74) is 7.04. The van der Waals surface area contributed by atoms with Crippen molar-refractivity contribution in [1.82, 2.24) is 10.2 Å². The zero-order chi connectivity index (χ0) is 19.2. The number of halogens is 1. The van der Waals surface area contributed by atoms with Gasteiger partial charge < -0.3 is 20.7 Å². The van der Waals surface area contributed by atoms with Gasteiger partial charge in [0.15, 0.2) is 5.96 Å². The van der Waals surface area contributed by atoms with E-state index in [4.69, 9.17) is 22.1 Å². The van der Waals surface area contributed by atoms with Crippen LogP contribution in [0.4, 0.5) is 4.79 Å². The van der Waals surface area contributed by atoms with E-state index in [2.05, 4.69) is 30.2 Å². The number of aliphatic imine (C=N–C) groups is 1. The molecule has 7 heteroatoms.